The average Bonchev–Trinajstić information content (AvgIpc) is 2.77. The Morgan fingerprint density at radius 1 is 1.19 bits per heavy atom. The molecule has 0 radical (unpaired) electrons. The van der Waals surface area contributed by atoms with Gasteiger partial charge < -0.3 is 10.2 Å². The van der Waals surface area contributed by atoms with E-state index in [0.717, 1.165) is 12.0 Å². The lowest BCUT2D eigenvalue weighted by Gasteiger charge is -2.28. The first kappa shape index (κ1) is 12.4. The van der Waals surface area contributed by atoms with Gasteiger partial charge in [-0.15, -0.1) is 0 Å². The van der Waals surface area contributed by atoms with E-state index >= 15 is 0 Å². The lowest BCUT2D eigenvalue weighted by atomic mass is 9.91. The van der Waals surface area contributed by atoms with Gasteiger partial charge in [0.05, 0.1) is 0 Å². The van der Waals surface area contributed by atoms with Gasteiger partial charge in [-0.1, -0.05) is 13.3 Å². The topological polar surface area (TPSA) is 15.3 Å². The largest absolute Gasteiger partial charge is 0.314 e. The molecular weight excluding hydrogens is 196 g/mol. The first-order chi connectivity index (χ1) is 7.84. The van der Waals surface area contributed by atoms with Crippen LogP contribution in [0.5, 0.6) is 0 Å². The molecule has 0 amide bonds. The van der Waals surface area contributed by atoms with E-state index in [0.29, 0.717) is 0 Å². The number of hydrogen-bond donors (Lipinski definition) is 1. The van der Waals surface area contributed by atoms with Gasteiger partial charge in [0.15, 0.2) is 0 Å². The highest BCUT2D eigenvalue weighted by molar-refractivity contribution is 4.76. The number of hydrogen-bond acceptors (Lipinski definition) is 2. The summed E-state index contributed by atoms with van der Waals surface area (Å²) in [5.41, 5.74) is 0. The molecular formula is C14H28N2. The maximum Gasteiger partial charge on any atom is 0.00696 e. The molecule has 2 saturated heterocycles. The van der Waals surface area contributed by atoms with Crippen molar-refractivity contribution in [3.05, 3.63) is 0 Å². The average molecular weight is 224 g/mol. The molecule has 2 aliphatic rings. The van der Waals surface area contributed by atoms with Gasteiger partial charge in [0.25, 0.3) is 0 Å². The minimum atomic E-state index is 0.822. The summed E-state index contributed by atoms with van der Waals surface area (Å²) in [5, 5.41) is 3.66. The van der Waals surface area contributed by atoms with Gasteiger partial charge in [-0.05, 0) is 70.6 Å². The van der Waals surface area contributed by atoms with Crippen LogP contribution in [0.2, 0.25) is 0 Å². The molecule has 0 aromatic rings. The number of rotatable bonds is 5. The van der Waals surface area contributed by atoms with Crippen molar-refractivity contribution in [2.24, 2.45) is 5.92 Å². The molecule has 2 heterocycles. The molecule has 2 fully saturated rings. The summed E-state index contributed by atoms with van der Waals surface area (Å²) in [7, 11) is 0. The second-order valence-electron chi connectivity index (χ2n) is 5.83. The Morgan fingerprint density at radius 3 is 2.75 bits per heavy atom. The van der Waals surface area contributed by atoms with Crippen LogP contribution in [0, 0.1) is 5.92 Å². The van der Waals surface area contributed by atoms with Crippen molar-refractivity contribution in [2.75, 3.05) is 26.2 Å². The summed E-state index contributed by atoms with van der Waals surface area (Å²) in [4.78, 5) is 2.64. The van der Waals surface area contributed by atoms with Gasteiger partial charge in [0.2, 0.25) is 0 Å². The Bertz CT molecular complexity index is 187. The fourth-order valence-corrected chi connectivity index (χ4v) is 3.17. The van der Waals surface area contributed by atoms with E-state index in [1.54, 1.807) is 0 Å². The Labute approximate surface area is 101 Å². The van der Waals surface area contributed by atoms with Gasteiger partial charge in [-0.25, -0.2) is 0 Å². The number of piperidine rings is 1. The van der Waals surface area contributed by atoms with Gasteiger partial charge >= 0.3 is 0 Å². The lowest BCUT2D eigenvalue weighted by molar-refractivity contribution is 0.288. The van der Waals surface area contributed by atoms with Gasteiger partial charge in [0.1, 0.15) is 0 Å². The molecule has 2 aliphatic heterocycles. The lowest BCUT2D eigenvalue weighted by Crippen LogP contribution is -2.37. The van der Waals surface area contributed by atoms with Gasteiger partial charge in [-0.3, -0.25) is 0 Å². The van der Waals surface area contributed by atoms with Crippen LogP contribution in [-0.4, -0.2) is 37.1 Å². The Balaban J connectivity index is 1.50. The molecule has 2 rings (SSSR count). The van der Waals surface area contributed by atoms with Crippen LogP contribution in [0.4, 0.5) is 0 Å². The summed E-state index contributed by atoms with van der Waals surface area (Å²) in [6, 6.07) is 0.822. The smallest absolute Gasteiger partial charge is 0.00696 e. The van der Waals surface area contributed by atoms with Gasteiger partial charge in [-0.2, -0.15) is 0 Å². The first-order valence-corrected chi connectivity index (χ1v) is 7.30. The summed E-state index contributed by atoms with van der Waals surface area (Å²) in [6.07, 6.45) is 9.88. The maximum atomic E-state index is 3.66. The SMILES string of the molecule is C[C@@H]1CCN[C@@H](CCCCN2CCCC2)C1. The van der Waals surface area contributed by atoms with Crippen molar-refractivity contribution >= 4 is 0 Å². The van der Waals surface area contributed by atoms with Crippen molar-refractivity contribution in [1.82, 2.24) is 10.2 Å². The standard InChI is InChI=1S/C14H28N2/c1-13-7-8-15-14(12-13)6-2-3-9-16-10-4-5-11-16/h13-15H,2-12H2,1H3/t13-,14+/m1/s1. The van der Waals surface area contributed by atoms with Crippen LogP contribution in [-0.2, 0) is 0 Å². The highest BCUT2D eigenvalue weighted by Crippen LogP contribution is 2.19. The van der Waals surface area contributed by atoms with E-state index in [1.165, 1.54) is 71.1 Å². The Hall–Kier alpha value is -0.0800. The fraction of sp³-hybridized carbons (Fsp3) is 1.00. The predicted molar refractivity (Wildman–Crippen MR) is 69.7 cm³/mol. The third-order valence-electron chi connectivity index (χ3n) is 4.23. The molecule has 0 aromatic carbocycles. The number of nitrogens with one attached hydrogen (secondary N) is 1. The normalized spacial score (nSPS) is 32.1. The van der Waals surface area contributed by atoms with E-state index < -0.39 is 0 Å². The van der Waals surface area contributed by atoms with Crippen LogP contribution < -0.4 is 5.32 Å². The van der Waals surface area contributed by atoms with E-state index in [4.69, 9.17) is 0 Å². The van der Waals surface area contributed by atoms with E-state index in [2.05, 4.69) is 17.1 Å². The van der Waals surface area contributed by atoms with Crippen LogP contribution in [0.25, 0.3) is 0 Å². The monoisotopic (exact) mass is 224 g/mol. The highest BCUT2D eigenvalue weighted by atomic mass is 15.1. The number of unbranched alkanes of at least 4 members (excludes halogenated alkanes) is 1. The quantitative estimate of drug-likeness (QED) is 0.722. The molecule has 0 bridgehead atoms. The summed E-state index contributed by atoms with van der Waals surface area (Å²) < 4.78 is 0. The second kappa shape index (κ2) is 6.61. The zero-order valence-electron chi connectivity index (χ0n) is 10.9. The van der Waals surface area contributed by atoms with Crippen LogP contribution >= 0.6 is 0 Å². The van der Waals surface area contributed by atoms with Crippen LogP contribution in [0.15, 0.2) is 0 Å². The van der Waals surface area contributed by atoms with Gasteiger partial charge in [0, 0.05) is 6.04 Å². The minimum absolute atomic E-state index is 0.822. The molecule has 0 aromatic heterocycles. The molecule has 16 heavy (non-hydrogen) atoms. The molecule has 2 nitrogen and oxygen atoms in total. The van der Waals surface area contributed by atoms with E-state index in [-0.39, 0.29) is 0 Å². The maximum absolute atomic E-state index is 3.66. The molecule has 2 atom stereocenters. The molecule has 2 heteroatoms. The fourth-order valence-electron chi connectivity index (χ4n) is 3.17. The van der Waals surface area contributed by atoms with Crippen LogP contribution in [0.1, 0.15) is 51.9 Å². The van der Waals surface area contributed by atoms with Crippen LogP contribution in [0.3, 0.4) is 0 Å². The summed E-state index contributed by atoms with van der Waals surface area (Å²) in [5.74, 6) is 0.949. The predicted octanol–water partition coefficient (Wildman–Crippen LogP) is 2.64. The highest BCUT2D eigenvalue weighted by Gasteiger charge is 2.17. The van der Waals surface area contributed by atoms with Crippen molar-refractivity contribution < 1.29 is 0 Å². The van der Waals surface area contributed by atoms with E-state index in [9.17, 15) is 0 Å². The van der Waals surface area contributed by atoms with E-state index in [1.807, 2.05) is 0 Å². The van der Waals surface area contributed by atoms with Crippen molar-refractivity contribution in [1.29, 1.82) is 0 Å². The third-order valence-corrected chi connectivity index (χ3v) is 4.23. The molecule has 1 N–H and O–H groups in total. The Kier molecular flexibility index (Phi) is 5.11. The van der Waals surface area contributed by atoms with Crippen molar-refractivity contribution in [3.63, 3.8) is 0 Å². The van der Waals surface area contributed by atoms with Crippen molar-refractivity contribution in [3.8, 4) is 0 Å². The molecule has 0 spiro atoms. The first-order valence-electron chi connectivity index (χ1n) is 7.30. The minimum Gasteiger partial charge on any atom is -0.314 e. The second-order valence-corrected chi connectivity index (χ2v) is 5.83. The zero-order chi connectivity index (χ0) is 11.2. The molecule has 94 valence electrons. The molecule has 0 unspecified atom stereocenters. The molecule has 0 saturated carbocycles. The third kappa shape index (κ3) is 4.06. The number of likely N-dealkylation sites (tertiary alicyclic amines) is 1. The zero-order valence-corrected chi connectivity index (χ0v) is 10.9. The Morgan fingerprint density at radius 2 is 2.00 bits per heavy atom. The molecule has 0 aliphatic carbocycles. The summed E-state index contributed by atoms with van der Waals surface area (Å²) in [6.45, 7) is 7.72. The number of nitrogens with zero attached hydrogens (tertiary/aromatic N) is 1. The van der Waals surface area contributed by atoms with Crippen molar-refractivity contribution in [2.45, 2.75) is 57.9 Å². The summed E-state index contributed by atoms with van der Waals surface area (Å²) >= 11 is 0.